The van der Waals surface area contributed by atoms with Gasteiger partial charge in [-0.2, -0.15) is 5.10 Å². The molecule has 9 heteroatoms. The molecule has 1 atom stereocenters. The summed E-state index contributed by atoms with van der Waals surface area (Å²) in [7, 11) is 0. The number of hydrazone groups is 1. The Bertz CT molecular complexity index is 936. The molecule has 0 saturated carbocycles. The second kappa shape index (κ2) is 8.29. The molecule has 140 valence electrons. The van der Waals surface area contributed by atoms with Crippen LogP contribution in [0.3, 0.4) is 0 Å². The van der Waals surface area contributed by atoms with Gasteiger partial charge in [-0.25, -0.2) is 4.79 Å². The highest BCUT2D eigenvalue weighted by molar-refractivity contribution is 9.10. The second-order valence-electron chi connectivity index (χ2n) is 5.74. The number of carboxylic acids is 1. The summed E-state index contributed by atoms with van der Waals surface area (Å²) in [5.41, 5.74) is 0.883. The van der Waals surface area contributed by atoms with Crippen molar-refractivity contribution in [2.75, 3.05) is 18.2 Å². The third kappa shape index (κ3) is 4.61. The van der Waals surface area contributed by atoms with Gasteiger partial charge >= 0.3 is 5.97 Å². The van der Waals surface area contributed by atoms with Crippen LogP contribution in [0, 0.1) is 5.92 Å². The summed E-state index contributed by atoms with van der Waals surface area (Å²) in [4.78, 5) is 23.7. The van der Waals surface area contributed by atoms with Crippen LogP contribution >= 0.6 is 39.1 Å². The van der Waals surface area contributed by atoms with Crippen molar-refractivity contribution in [2.45, 2.75) is 0 Å². The lowest BCUT2D eigenvalue weighted by molar-refractivity contribution is -0.139. The maximum atomic E-state index is 13.0. The van der Waals surface area contributed by atoms with Crippen LogP contribution in [0.25, 0.3) is 0 Å². The average molecular weight is 472 g/mol. The highest BCUT2D eigenvalue weighted by Crippen LogP contribution is 2.33. The Morgan fingerprint density at radius 3 is 2.78 bits per heavy atom. The molecule has 2 aromatic rings. The van der Waals surface area contributed by atoms with Crippen molar-refractivity contribution in [1.82, 2.24) is 0 Å². The molecule has 1 aliphatic rings. The quantitative estimate of drug-likeness (QED) is 0.626. The Balaban J connectivity index is 1.81. The minimum absolute atomic E-state index is 0.207. The number of anilines is 1. The van der Waals surface area contributed by atoms with Gasteiger partial charge in [-0.1, -0.05) is 39.1 Å². The van der Waals surface area contributed by atoms with E-state index < -0.39 is 18.5 Å². The maximum absolute atomic E-state index is 13.0. The molecule has 0 aliphatic carbocycles. The molecule has 0 aromatic heterocycles. The van der Waals surface area contributed by atoms with Crippen molar-refractivity contribution < 1.29 is 19.4 Å². The van der Waals surface area contributed by atoms with E-state index in [1.54, 1.807) is 41.4 Å². The summed E-state index contributed by atoms with van der Waals surface area (Å²) >= 11 is 15.5. The third-order valence-corrected chi connectivity index (χ3v) is 4.88. The molecule has 1 N–H and O–H groups in total. The molecule has 1 aliphatic heterocycles. The molecule has 0 amide bonds. The van der Waals surface area contributed by atoms with Crippen molar-refractivity contribution >= 4 is 62.8 Å². The number of carbonyl (C=O) groups is 2. The van der Waals surface area contributed by atoms with Crippen molar-refractivity contribution in [3.05, 3.63) is 56.5 Å². The monoisotopic (exact) mass is 470 g/mol. The molecule has 0 spiro atoms. The highest BCUT2D eigenvalue weighted by Gasteiger charge is 2.29. The van der Waals surface area contributed by atoms with Gasteiger partial charge in [0.15, 0.2) is 12.4 Å². The van der Waals surface area contributed by atoms with E-state index in [1.165, 1.54) is 6.21 Å². The molecular formula is C18H13BrCl2N2O4. The van der Waals surface area contributed by atoms with Crippen molar-refractivity contribution in [2.24, 2.45) is 11.0 Å². The van der Waals surface area contributed by atoms with Crippen LogP contribution in [-0.2, 0) is 4.79 Å². The van der Waals surface area contributed by atoms with Crippen LogP contribution in [0.4, 0.5) is 5.69 Å². The molecule has 0 fully saturated rings. The summed E-state index contributed by atoms with van der Waals surface area (Å²) in [6.45, 7) is -0.255. The lowest BCUT2D eigenvalue weighted by Gasteiger charge is -2.18. The Hall–Kier alpha value is -2.09. The maximum Gasteiger partial charge on any atom is 0.341 e. The SMILES string of the molecule is O=C(O)COc1ccc(Br)cc1C(=O)C1C=NN(c2cc(Cl)ccc2Cl)C1. The normalized spacial score (nSPS) is 15.8. The van der Waals surface area contributed by atoms with Gasteiger partial charge in [-0.05, 0) is 36.4 Å². The first-order valence-corrected chi connectivity index (χ1v) is 9.35. The summed E-state index contributed by atoms with van der Waals surface area (Å²) < 4.78 is 5.92. The van der Waals surface area contributed by atoms with E-state index >= 15 is 0 Å². The van der Waals surface area contributed by atoms with Gasteiger partial charge in [0.25, 0.3) is 0 Å². The lowest BCUT2D eigenvalue weighted by Crippen LogP contribution is -2.25. The van der Waals surface area contributed by atoms with E-state index in [4.69, 9.17) is 33.0 Å². The van der Waals surface area contributed by atoms with Crippen LogP contribution < -0.4 is 9.75 Å². The van der Waals surface area contributed by atoms with E-state index in [-0.39, 0.29) is 23.6 Å². The number of rotatable bonds is 6. The van der Waals surface area contributed by atoms with Crippen molar-refractivity contribution in [1.29, 1.82) is 0 Å². The number of carbonyl (C=O) groups excluding carboxylic acids is 1. The zero-order valence-corrected chi connectivity index (χ0v) is 16.8. The number of hydrogen-bond donors (Lipinski definition) is 1. The van der Waals surface area contributed by atoms with Gasteiger partial charge in [0.05, 0.1) is 28.7 Å². The molecule has 1 heterocycles. The van der Waals surface area contributed by atoms with Crippen molar-refractivity contribution in [3.63, 3.8) is 0 Å². The molecule has 0 saturated heterocycles. The molecular weight excluding hydrogens is 459 g/mol. The zero-order valence-electron chi connectivity index (χ0n) is 13.7. The summed E-state index contributed by atoms with van der Waals surface area (Å²) in [6.07, 6.45) is 1.53. The Morgan fingerprint density at radius 1 is 1.26 bits per heavy atom. The number of ketones is 1. The first-order valence-electron chi connectivity index (χ1n) is 7.80. The summed E-state index contributed by atoms with van der Waals surface area (Å²) in [6, 6.07) is 9.84. The van der Waals surface area contributed by atoms with Crippen LogP contribution in [0.15, 0.2) is 46.0 Å². The van der Waals surface area contributed by atoms with E-state index in [0.29, 0.717) is 20.2 Å². The first kappa shape index (κ1) is 19.7. The number of Topliss-reactive ketones (excluding diaryl/α,β-unsaturated/α-hetero) is 1. The van der Waals surface area contributed by atoms with Gasteiger partial charge < -0.3 is 9.84 Å². The number of ether oxygens (including phenoxy) is 1. The molecule has 0 radical (unpaired) electrons. The fraction of sp³-hybridized carbons (Fsp3) is 0.167. The second-order valence-corrected chi connectivity index (χ2v) is 7.50. The zero-order chi connectivity index (χ0) is 19.6. The van der Waals surface area contributed by atoms with Gasteiger partial charge in [0.1, 0.15) is 5.75 Å². The smallest absolute Gasteiger partial charge is 0.341 e. The van der Waals surface area contributed by atoms with Crippen LogP contribution in [-0.4, -0.2) is 36.2 Å². The highest BCUT2D eigenvalue weighted by atomic mass is 79.9. The van der Waals surface area contributed by atoms with E-state index in [0.717, 1.165) is 0 Å². The molecule has 3 rings (SSSR count). The van der Waals surface area contributed by atoms with Crippen molar-refractivity contribution in [3.8, 4) is 5.75 Å². The molecule has 0 bridgehead atoms. The van der Waals surface area contributed by atoms with Crippen LogP contribution in [0.5, 0.6) is 5.75 Å². The lowest BCUT2D eigenvalue weighted by atomic mass is 9.98. The Kier molecular flexibility index (Phi) is 6.04. The number of benzene rings is 2. The number of nitrogens with zero attached hydrogens (tertiary/aromatic N) is 2. The predicted octanol–water partition coefficient (Wildman–Crippen LogP) is 4.52. The van der Waals surface area contributed by atoms with Gasteiger partial charge in [-0.3, -0.25) is 9.80 Å². The average Bonchev–Trinajstić information content (AvgIpc) is 3.11. The van der Waals surface area contributed by atoms with Crippen LogP contribution in [0.1, 0.15) is 10.4 Å². The van der Waals surface area contributed by atoms with E-state index in [9.17, 15) is 9.59 Å². The number of carboxylic acid groups (broad SMARTS) is 1. The minimum atomic E-state index is -1.12. The Morgan fingerprint density at radius 2 is 2.04 bits per heavy atom. The van der Waals surface area contributed by atoms with Gasteiger partial charge in [0, 0.05) is 15.7 Å². The minimum Gasteiger partial charge on any atom is -0.481 e. The van der Waals surface area contributed by atoms with Gasteiger partial charge in [0.2, 0.25) is 0 Å². The number of hydrogen-bond acceptors (Lipinski definition) is 5. The predicted molar refractivity (Wildman–Crippen MR) is 107 cm³/mol. The first-order chi connectivity index (χ1) is 12.8. The summed E-state index contributed by atoms with van der Waals surface area (Å²) in [5.74, 6) is -1.69. The molecule has 1 unspecified atom stereocenters. The molecule has 2 aromatic carbocycles. The van der Waals surface area contributed by atoms with E-state index in [2.05, 4.69) is 21.0 Å². The summed E-state index contributed by atoms with van der Waals surface area (Å²) in [5, 5.41) is 15.7. The Labute approximate surface area is 173 Å². The topological polar surface area (TPSA) is 79.2 Å². The molecule has 27 heavy (non-hydrogen) atoms. The standard InChI is InChI=1S/C18H13BrCl2N2O4/c19-11-1-4-16(27-9-17(24)25)13(5-11)18(26)10-7-22-23(8-10)15-6-12(20)2-3-14(15)21/h1-7,10H,8-9H2,(H,24,25). The van der Waals surface area contributed by atoms with E-state index in [1.807, 2.05) is 0 Å². The number of halogens is 3. The van der Waals surface area contributed by atoms with Crippen LogP contribution in [0.2, 0.25) is 10.0 Å². The fourth-order valence-corrected chi connectivity index (χ4v) is 3.34. The molecule has 6 nitrogen and oxygen atoms in total. The fourth-order valence-electron chi connectivity index (χ4n) is 2.60. The number of aliphatic carboxylic acids is 1. The largest absolute Gasteiger partial charge is 0.481 e. The van der Waals surface area contributed by atoms with Gasteiger partial charge in [-0.15, -0.1) is 0 Å². The third-order valence-electron chi connectivity index (χ3n) is 3.84.